The number of aromatic amines is 1. The fourth-order valence-corrected chi connectivity index (χ4v) is 2.08. The van der Waals surface area contributed by atoms with E-state index in [1.807, 2.05) is 13.0 Å². The zero-order chi connectivity index (χ0) is 16.2. The van der Waals surface area contributed by atoms with Crippen molar-refractivity contribution in [1.29, 1.82) is 0 Å². The highest BCUT2D eigenvalue weighted by Gasteiger charge is 2.10. The molecule has 0 amide bonds. The van der Waals surface area contributed by atoms with Crippen molar-refractivity contribution in [2.75, 3.05) is 12.4 Å². The highest BCUT2D eigenvalue weighted by molar-refractivity contribution is 5.91. The Kier molecular flexibility index (Phi) is 4.01. The Bertz CT molecular complexity index is 830. The number of esters is 1. The van der Waals surface area contributed by atoms with Crippen LogP contribution in [0.2, 0.25) is 0 Å². The third-order valence-electron chi connectivity index (χ3n) is 3.30. The van der Waals surface area contributed by atoms with Crippen LogP contribution < -0.4 is 5.32 Å². The van der Waals surface area contributed by atoms with Crippen molar-refractivity contribution < 1.29 is 9.53 Å². The van der Waals surface area contributed by atoms with E-state index in [1.165, 1.54) is 7.11 Å². The molecule has 0 aliphatic rings. The van der Waals surface area contributed by atoms with Gasteiger partial charge in [0.1, 0.15) is 5.69 Å². The quantitative estimate of drug-likeness (QED) is 0.720. The summed E-state index contributed by atoms with van der Waals surface area (Å²) in [4.78, 5) is 27.4. The molecule has 3 aromatic rings. The lowest BCUT2D eigenvalue weighted by Crippen LogP contribution is -2.04. The highest BCUT2D eigenvalue weighted by atomic mass is 16.5. The van der Waals surface area contributed by atoms with Gasteiger partial charge in [-0.25, -0.2) is 19.7 Å². The van der Waals surface area contributed by atoms with Crippen LogP contribution in [0.3, 0.4) is 0 Å². The number of H-pyrrole nitrogens is 1. The minimum absolute atomic E-state index is 0.390. The molecule has 0 radical (unpaired) electrons. The Morgan fingerprint density at radius 1 is 1.22 bits per heavy atom. The van der Waals surface area contributed by atoms with E-state index in [4.69, 9.17) is 4.74 Å². The van der Waals surface area contributed by atoms with Crippen molar-refractivity contribution in [3.63, 3.8) is 0 Å². The molecule has 2 N–H and O–H groups in total. The fraction of sp³-hybridized carbons (Fsp3) is 0.125. The van der Waals surface area contributed by atoms with Gasteiger partial charge < -0.3 is 15.0 Å². The molecule has 0 atom stereocenters. The van der Waals surface area contributed by atoms with Gasteiger partial charge in [0.25, 0.3) is 0 Å². The first-order valence-corrected chi connectivity index (χ1v) is 6.96. The van der Waals surface area contributed by atoms with Gasteiger partial charge in [-0.1, -0.05) is 6.07 Å². The zero-order valence-corrected chi connectivity index (χ0v) is 12.7. The molecular formula is C16H15N5O2. The predicted molar refractivity (Wildman–Crippen MR) is 85.4 cm³/mol. The van der Waals surface area contributed by atoms with E-state index in [0.717, 1.165) is 11.3 Å². The normalized spacial score (nSPS) is 10.3. The van der Waals surface area contributed by atoms with Crippen molar-refractivity contribution >= 4 is 17.6 Å². The number of nitrogens with zero attached hydrogens (tertiary/aromatic N) is 3. The Balaban J connectivity index is 1.90. The molecule has 7 nitrogen and oxygen atoms in total. The van der Waals surface area contributed by atoms with Crippen LogP contribution >= 0.6 is 0 Å². The number of imidazole rings is 1. The number of hydrogen-bond donors (Lipinski definition) is 2. The van der Waals surface area contributed by atoms with Crippen LogP contribution in [-0.4, -0.2) is 33.0 Å². The summed E-state index contributed by atoms with van der Waals surface area (Å²) >= 11 is 0. The average molecular weight is 309 g/mol. The molecule has 2 heterocycles. The smallest absolute Gasteiger partial charge is 0.337 e. The number of hydrogen-bond acceptors (Lipinski definition) is 6. The summed E-state index contributed by atoms with van der Waals surface area (Å²) < 4.78 is 4.74. The molecule has 1 aromatic carbocycles. The number of rotatable bonds is 4. The maximum absolute atomic E-state index is 11.6. The van der Waals surface area contributed by atoms with Crippen LogP contribution in [0.15, 0.2) is 42.9 Å². The highest BCUT2D eigenvalue weighted by Crippen LogP contribution is 2.21. The molecule has 3 rings (SSSR count). The monoisotopic (exact) mass is 309 g/mol. The van der Waals surface area contributed by atoms with E-state index in [2.05, 4.69) is 25.3 Å². The van der Waals surface area contributed by atoms with Crippen molar-refractivity contribution in [2.24, 2.45) is 0 Å². The summed E-state index contributed by atoms with van der Waals surface area (Å²) in [6.07, 6.45) is 5.04. The van der Waals surface area contributed by atoms with Crippen molar-refractivity contribution in [3.8, 4) is 11.5 Å². The van der Waals surface area contributed by atoms with Crippen LogP contribution in [0, 0.1) is 6.92 Å². The van der Waals surface area contributed by atoms with E-state index >= 15 is 0 Å². The largest absolute Gasteiger partial charge is 0.465 e. The average Bonchev–Trinajstić information content (AvgIpc) is 3.11. The molecule has 7 heteroatoms. The van der Waals surface area contributed by atoms with Crippen molar-refractivity contribution in [2.45, 2.75) is 6.92 Å². The Hall–Kier alpha value is -3.22. The van der Waals surface area contributed by atoms with Crippen molar-refractivity contribution in [1.82, 2.24) is 19.9 Å². The fourth-order valence-electron chi connectivity index (χ4n) is 2.08. The molecule has 0 spiro atoms. The third-order valence-corrected chi connectivity index (χ3v) is 3.30. The predicted octanol–water partition coefficient (Wildman–Crippen LogP) is 2.71. The standard InChI is InChI=1S/C16H15N5O2/c1-10-3-4-11(15(22)23-2)9-13(10)21-16-19-6-5-12(20-16)14-17-7-8-18-14/h3-9H,1-2H3,(H,17,18)(H,19,20,21). The van der Waals surface area contributed by atoms with Crippen LogP contribution in [-0.2, 0) is 4.74 Å². The van der Waals surface area contributed by atoms with Gasteiger partial charge >= 0.3 is 5.97 Å². The molecule has 0 aliphatic heterocycles. The lowest BCUT2D eigenvalue weighted by molar-refractivity contribution is 0.0601. The van der Waals surface area contributed by atoms with Crippen LogP contribution in [0.4, 0.5) is 11.6 Å². The first-order chi connectivity index (χ1) is 11.2. The maximum atomic E-state index is 11.6. The van der Waals surface area contributed by atoms with Gasteiger partial charge in [-0.2, -0.15) is 0 Å². The van der Waals surface area contributed by atoms with Gasteiger partial charge in [0, 0.05) is 24.3 Å². The Morgan fingerprint density at radius 2 is 2.09 bits per heavy atom. The number of methoxy groups -OCH3 is 1. The van der Waals surface area contributed by atoms with Crippen LogP contribution in [0.25, 0.3) is 11.5 Å². The minimum Gasteiger partial charge on any atom is -0.465 e. The van der Waals surface area contributed by atoms with Gasteiger partial charge in [-0.3, -0.25) is 0 Å². The molecule has 0 unspecified atom stereocenters. The zero-order valence-electron chi connectivity index (χ0n) is 12.7. The number of aromatic nitrogens is 4. The maximum Gasteiger partial charge on any atom is 0.337 e. The first-order valence-electron chi connectivity index (χ1n) is 6.96. The number of anilines is 2. The van der Waals surface area contributed by atoms with Crippen LogP contribution in [0.1, 0.15) is 15.9 Å². The SMILES string of the molecule is COC(=O)c1ccc(C)c(Nc2nccc(-c3ncc[nH]3)n2)c1. The third kappa shape index (κ3) is 3.18. The van der Waals surface area contributed by atoms with E-state index in [-0.39, 0.29) is 0 Å². The Labute approximate surface area is 132 Å². The van der Waals surface area contributed by atoms with Gasteiger partial charge in [0.05, 0.1) is 12.7 Å². The molecule has 0 fully saturated rings. The molecule has 2 aromatic heterocycles. The second kappa shape index (κ2) is 6.27. The van der Waals surface area contributed by atoms with E-state index < -0.39 is 5.97 Å². The van der Waals surface area contributed by atoms with Gasteiger partial charge in [0.2, 0.25) is 5.95 Å². The topological polar surface area (TPSA) is 92.8 Å². The van der Waals surface area contributed by atoms with Crippen LogP contribution in [0.5, 0.6) is 0 Å². The summed E-state index contributed by atoms with van der Waals surface area (Å²) in [7, 11) is 1.35. The van der Waals surface area contributed by atoms with Crippen molar-refractivity contribution in [3.05, 3.63) is 54.0 Å². The molecule has 23 heavy (non-hydrogen) atoms. The minimum atomic E-state index is -0.390. The lowest BCUT2D eigenvalue weighted by atomic mass is 10.1. The molecule has 0 bridgehead atoms. The number of aryl methyl sites for hydroxylation is 1. The molecule has 116 valence electrons. The summed E-state index contributed by atoms with van der Waals surface area (Å²) in [5, 5.41) is 3.12. The lowest BCUT2D eigenvalue weighted by Gasteiger charge is -2.10. The van der Waals surface area contributed by atoms with Gasteiger partial charge in [-0.05, 0) is 30.7 Å². The first kappa shape index (κ1) is 14.7. The Morgan fingerprint density at radius 3 is 2.83 bits per heavy atom. The van der Waals surface area contributed by atoms with E-state index in [9.17, 15) is 4.79 Å². The second-order valence-electron chi connectivity index (χ2n) is 4.85. The molecular weight excluding hydrogens is 294 g/mol. The summed E-state index contributed by atoms with van der Waals surface area (Å²) in [5.74, 6) is 0.692. The summed E-state index contributed by atoms with van der Waals surface area (Å²) in [6, 6.07) is 7.03. The molecule has 0 aliphatic carbocycles. The molecule has 0 saturated heterocycles. The number of benzene rings is 1. The number of ether oxygens (including phenoxy) is 1. The molecule has 0 saturated carbocycles. The van der Waals surface area contributed by atoms with Gasteiger partial charge in [0.15, 0.2) is 5.82 Å². The number of carbonyl (C=O) groups is 1. The number of carbonyl (C=O) groups excluding carboxylic acids is 1. The van der Waals surface area contributed by atoms with E-state index in [0.29, 0.717) is 23.0 Å². The summed E-state index contributed by atoms with van der Waals surface area (Å²) in [5.41, 5.74) is 2.84. The summed E-state index contributed by atoms with van der Waals surface area (Å²) in [6.45, 7) is 1.93. The van der Waals surface area contributed by atoms with Gasteiger partial charge in [-0.15, -0.1) is 0 Å². The van der Waals surface area contributed by atoms with E-state index in [1.54, 1.807) is 36.8 Å². The number of nitrogens with one attached hydrogen (secondary N) is 2. The second-order valence-corrected chi connectivity index (χ2v) is 4.85.